The Morgan fingerprint density at radius 1 is 1.38 bits per heavy atom. The highest BCUT2D eigenvalue weighted by molar-refractivity contribution is 7.15. The molecule has 1 aromatic heterocycles. The van der Waals surface area contributed by atoms with Crippen LogP contribution >= 0.6 is 22.9 Å². The monoisotopic (exact) mass is 334 g/mol. The molecule has 0 saturated carbocycles. The fourth-order valence-corrected chi connectivity index (χ4v) is 3.11. The second-order valence-electron chi connectivity index (χ2n) is 4.54. The Labute approximate surface area is 130 Å². The molecule has 0 spiro atoms. The van der Waals surface area contributed by atoms with E-state index in [1.807, 2.05) is 19.9 Å². The minimum Gasteiger partial charge on any atom is -0.310 e. The number of hydrogen-bond donors (Lipinski definition) is 1. The van der Waals surface area contributed by atoms with E-state index >= 15 is 0 Å². The summed E-state index contributed by atoms with van der Waals surface area (Å²) in [6.45, 7) is 4.79. The number of hydrogen-bond acceptors (Lipinski definition) is 3. The quantitative estimate of drug-likeness (QED) is 0.836. The average molecular weight is 335 g/mol. The van der Waals surface area contributed by atoms with Gasteiger partial charge >= 0.3 is 6.18 Å². The van der Waals surface area contributed by atoms with E-state index in [-0.39, 0.29) is 6.04 Å². The van der Waals surface area contributed by atoms with Crippen molar-refractivity contribution in [3.05, 3.63) is 40.0 Å². The minimum absolute atomic E-state index is 0.0868. The molecule has 0 aliphatic carbocycles. The molecule has 2 rings (SSSR count). The highest BCUT2D eigenvalue weighted by Crippen LogP contribution is 2.37. The molecule has 0 saturated heterocycles. The van der Waals surface area contributed by atoms with Gasteiger partial charge in [0.2, 0.25) is 0 Å². The van der Waals surface area contributed by atoms with Crippen molar-refractivity contribution in [2.45, 2.75) is 26.1 Å². The van der Waals surface area contributed by atoms with Crippen molar-refractivity contribution in [3.8, 4) is 10.4 Å². The van der Waals surface area contributed by atoms with Gasteiger partial charge in [0.1, 0.15) is 0 Å². The van der Waals surface area contributed by atoms with E-state index in [4.69, 9.17) is 11.6 Å². The molecular formula is C14H14ClF3N2S. The summed E-state index contributed by atoms with van der Waals surface area (Å²) in [6, 6.07) is 5.36. The normalized spacial score (nSPS) is 13.4. The van der Waals surface area contributed by atoms with Gasteiger partial charge in [0.05, 0.1) is 4.88 Å². The Balaban J connectivity index is 2.30. The van der Waals surface area contributed by atoms with Crippen LogP contribution in [0.1, 0.15) is 30.5 Å². The summed E-state index contributed by atoms with van der Waals surface area (Å²) in [7, 11) is 0. The molecule has 0 fully saturated rings. The summed E-state index contributed by atoms with van der Waals surface area (Å²) in [5, 5.41) is 2.92. The van der Waals surface area contributed by atoms with Crippen LogP contribution in [-0.4, -0.2) is 11.5 Å². The van der Waals surface area contributed by atoms with Crippen LogP contribution in [0, 0.1) is 0 Å². The predicted octanol–water partition coefficient (Wildman–Crippen LogP) is 5.15. The number of thiazole rings is 1. The van der Waals surface area contributed by atoms with Crippen LogP contribution in [0.5, 0.6) is 0 Å². The molecule has 0 bridgehead atoms. The Morgan fingerprint density at radius 2 is 2.10 bits per heavy atom. The molecule has 7 heteroatoms. The highest BCUT2D eigenvalue weighted by Gasteiger charge is 2.34. The molecule has 1 aromatic carbocycles. The van der Waals surface area contributed by atoms with Crippen LogP contribution in [-0.2, 0) is 6.18 Å². The van der Waals surface area contributed by atoms with Gasteiger partial charge in [-0.2, -0.15) is 13.2 Å². The smallest absolute Gasteiger partial charge is 0.310 e. The molecule has 0 amide bonds. The highest BCUT2D eigenvalue weighted by atomic mass is 35.5. The number of alkyl halides is 3. The van der Waals surface area contributed by atoms with Gasteiger partial charge in [-0.05, 0) is 30.7 Å². The third-order valence-corrected chi connectivity index (χ3v) is 4.43. The fourth-order valence-electron chi connectivity index (χ4n) is 1.99. The molecule has 2 nitrogen and oxygen atoms in total. The lowest BCUT2D eigenvalue weighted by molar-refractivity contribution is -0.137. The third kappa shape index (κ3) is 3.75. The van der Waals surface area contributed by atoms with E-state index in [2.05, 4.69) is 10.3 Å². The number of aromatic nitrogens is 1. The first-order chi connectivity index (χ1) is 9.82. The van der Waals surface area contributed by atoms with Crippen LogP contribution in [0.25, 0.3) is 10.4 Å². The van der Waals surface area contributed by atoms with E-state index in [1.165, 1.54) is 6.20 Å². The predicted molar refractivity (Wildman–Crippen MR) is 79.7 cm³/mol. The van der Waals surface area contributed by atoms with Crippen molar-refractivity contribution in [1.29, 1.82) is 0 Å². The van der Waals surface area contributed by atoms with Gasteiger partial charge in [-0.25, -0.2) is 4.98 Å². The van der Waals surface area contributed by atoms with E-state index in [0.717, 1.165) is 12.1 Å². The van der Waals surface area contributed by atoms with Gasteiger partial charge < -0.3 is 5.32 Å². The second kappa shape index (κ2) is 6.34. The van der Waals surface area contributed by atoms with E-state index < -0.39 is 11.2 Å². The van der Waals surface area contributed by atoms with Crippen molar-refractivity contribution < 1.29 is 13.2 Å². The maximum atomic E-state index is 12.6. The SMILES string of the molecule is CCNC(C)c1ccc(-c2cnc(C(F)(F)F)s2)cc1Cl. The van der Waals surface area contributed by atoms with Gasteiger partial charge in [-0.1, -0.05) is 30.7 Å². The Hall–Kier alpha value is -1.11. The Kier molecular flexibility index (Phi) is 4.91. The number of benzene rings is 1. The molecule has 0 radical (unpaired) electrons. The lowest BCUT2D eigenvalue weighted by Crippen LogP contribution is -2.17. The summed E-state index contributed by atoms with van der Waals surface area (Å²) < 4.78 is 37.7. The van der Waals surface area contributed by atoms with Crippen molar-refractivity contribution in [1.82, 2.24) is 10.3 Å². The van der Waals surface area contributed by atoms with Gasteiger partial charge in [0, 0.05) is 17.3 Å². The largest absolute Gasteiger partial charge is 0.443 e. The number of nitrogens with one attached hydrogen (secondary N) is 1. The first-order valence-corrected chi connectivity index (χ1v) is 7.58. The number of rotatable bonds is 4. The van der Waals surface area contributed by atoms with Crippen LogP contribution in [0.4, 0.5) is 13.2 Å². The molecule has 114 valence electrons. The second-order valence-corrected chi connectivity index (χ2v) is 5.98. The van der Waals surface area contributed by atoms with E-state index in [9.17, 15) is 13.2 Å². The van der Waals surface area contributed by atoms with Gasteiger partial charge in [0.25, 0.3) is 0 Å². The van der Waals surface area contributed by atoms with Crippen molar-refractivity contribution >= 4 is 22.9 Å². The molecule has 2 aromatic rings. The Bertz CT molecular complexity index is 625. The molecule has 1 unspecified atom stereocenters. The molecular weight excluding hydrogens is 321 g/mol. The third-order valence-electron chi connectivity index (χ3n) is 3.01. The molecule has 0 aliphatic rings. The summed E-state index contributed by atoms with van der Waals surface area (Å²) in [5.41, 5.74) is 1.56. The fraction of sp³-hybridized carbons (Fsp3) is 0.357. The molecule has 21 heavy (non-hydrogen) atoms. The van der Waals surface area contributed by atoms with Crippen LogP contribution < -0.4 is 5.32 Å². The zero-order chi connectivity index (χ0) is 15.6. The van der Waals surface area contributed by atoms with Gasteiger partial charge in [-0.3, -0.25) is 0 Å². The first kappa shape index (κ1) is 16.3. The summed E-state index contributed by atoms with van der Waals surface area (Å²) in [6.07, 6.45) is -3.18. The summed E-state index contributed by atoms with van der Waals surface area (Å²) >= 11 is 6.84. The maximum absolute atomic E-state index is 12.6. The lowest BCUT2D eigenvalue weighted by Gasteiger charge is -2.15. The van der Waals surface area contributed by atoms with Crippen LogP contribution in [0.3, 0.4) is 0 Å². The zero-order valence-electron chi connectivity index (χ0n) is 11.5. The maximum Gasteiger partial charge on any atom is 0.443 e. The van der Waals surface area contributed by atoms with Gasteiger partial charge in [-0.15, -0.1) is 11.3 Å². The van der Waals surface area contributed by atoms with E-state index in [1.54, 1.807) is 12.1 Å². The molecule has 0 aliphatic heterocycles. The lowest BCUT2D eigenvalue weighted by atomic mass is 10.1. The zero-order valence-corrected chi connectivity index (χ0v) is 13.0. The summed E-state index contributed by atoms with van der Waals surface area (Å²) in [4.78, 5) is 3.87. The standard InChI is InChI=1S/C14H14ClF3N2S/c1-3-19-8(2)10-5-4-9(6-11(10)15)12-7-20-13(21-12)14(16,17)18/h4-8,19H,3H2,1-2H3. The molecule has 1 atom stereocenters. The van der Waals surface area contributed by atoms with Crippen molar-refractivity contribution in [2.75, 3.05) is 6.54 Å². The topological polar surface area (TPSA) is 24.9 Å². The summed E-state index contributed by atoms with van der Waals surface area (Å²) in [5.74, 6) is 0. The molecule has 1 N–H and O–H groups in total. The molecule has 1 heterocycles. The van der Waals surface area contributed by atoms with Gasteiger partial charge in [0.15, 0.2) is 5.01 Å². The number of nitrogens with zero attached hydrogens (tertiary/aromatic N) is 1. The van der Waals surface area contributed by atoms with Crippen LogP contribution in [0.2, 0.25) is 5.02 Å². The van der Waals surface area contributed by atoms with Crippen LogP contribution in [0.15, 0.2) is 24.4 Å². The average Bonchev–Trinajstić information content (AvgIpc) is 2.88. The van der Waals surface area contributed by atoms with Crippen molar-refractivity contribution in [2.24, 2.45) is 0 Å². The first-order valence-electron chi connectivity index (χ1n) is 6.39. The minimum atomic E-state index is -4.41. The number of halogens is 4. The van der Waals surface area contributed by atoms with E-state index in [0.29, 0.717) is 26.8 Å². The van der Waals surface area contributed by atoms with Crippen molar-refractivity contribution in [3.63, 3.8) is 0 Å². The Morgan fingerprint density at radius 3 is 2.62 bits per heavy atom.